The summed E-state index contributed by atoms with van der Waals surface area (Å²) in [5.41, 5.74) is 1.20. The van der Waals surface area contributed by atoms with Gasteiger partial charge in [0.2, 0.25) is 5.88 Å². The van der Waals surface area contributed by atoms with Gasteiger partial charge in [0, 0.05) is 16.5 Å². The van der Waals surface area contributed by atoms with Crippen molar-refractivity contribution in [2.45, 2.75) is 39.7 Å². The molecule has 1 aromatic rings. The van der Waals surface area contributed by atoms with E-state index in [2.05, 4.69) is 20.9 Å². The van der Waals surface area contributed by atoms with Crippen LogP contribution in [0.3, 0.4) is 0 Å². The molecule has 0 aromatic carbocycles. The van der Waals surface area contributed by atoms with Crippen molar-refractivity contribution >= 4 is 15.9 Å². The highest BCUT2D eigenvalue weighted by molar-refractivity contribution is 9.10. The fourth-order valence-electron chi connectivity index (χ4n) is 1.19. The second-order valence-electron chi connectivity index (χ2n) is 4.59. The molecule has 0 saturated heterocycles. The number of ether oxygens (including phenoxy) is 1. The smallest absolute Gasteiger partial charge is 0.216 e. The van der Waals surface area contributed by atoms with Gasteiger partial charge in [-0.15, -0.1) is 0 Å². The minimum absolute atomic E-state index is 0.471. The zero-order chi connectivity index (χ0) is 12.3. The van der Waals surface area contributed by atoms with Crippen LogP contribution in [0.5, 0.6) is 5.88 Å². The average molecular weight is 288 g/mol. The number of hydrogen-bond donors (Lipinski definition) is 1. The zero-order valence-corrected chi connectivity index (χ0v) is 11.8. The first kappa shape index (κ1) is 13.5. The summed E-state index contributed by atoms with van der Waals surface area (Å²) in [6.07, 6.45) is 0.587. The van der Waals surface area contributed by atoms with Crippen LogP contribution in [0.15, 0.2) is 10.5 Å². The largest absolute Gasteiger partial charge is 0.477 e. The van der Waals surface area contributed by atoms with Crippen LogP contribution < -0.4 is 4.74 Å². The molecule has 0 spiro atoms. The Labute approximate surface area is 105 Å². The molecule has 0 aliphatic rings. The first-order chi connectivity index (χ1) is 7.29. The summed E-state index contributed by atoms with van der Waals surface area (Å²) in [5, 5.41) is 9.56. The summed E-state index contributed by atoms with van der Waals surface area (Å²) in [6.45, 7) is 7.88. The molecule has 1 N–H and O–H groups in total. The van der Waals surface area contributed by atoms with Crippen molar-refractivity contribution in [2.75, 3.05) is 6.61 Å². The lowest BCUT2D eigenvalue weighted by atomic mass is 10.1. The van der Waals surface area contributed by atoms with Crippen LogP contribution >= 0.6 is 15.9 Å². The minimum Gasteiger partial charge on any atom is -0.477 e. The minimum atomic E-state index is -0.696. The fraction of sp³-hybridized carbons (Fsp3) is 0.583. The maximum Gasteiger partial charge on any atom is 0.216 e. The number of rotatable bonds is 4. The van der Waals surface area contributed by atoms with Crippen molar-refractivity contribution in [2.24, 2.45) is 0 Å². The van der Waals surface area contributed by atoms with Crippen LogP contribution in [0.4, 0.5) is 0 Å². The van der Waals surface area contributed by atoms with Crippen molar-refractivity contribution in [3.63, 3.8) is 0 Å². The van der Waals surface area contributed by atoms with Crippen molar-refractivity contribution in [1.29, 1.82) is 0 Å². The van der Waals surface area contributed by atoms with Gasteiger partial charge in [0.1, 0.15) is 0 Å². The van der Waals surface area contributed by atoms with E-state index in [9.17, 15) is 5.11 Å². The summed E-state index contributed by atoms with van der Waals surface area (Å²) < 4.78 is 6.54. The van der Waals surface area contributed by atoms with E-state index >= 15 is 0 Å². The highest BCUT2D eigenvalue weighted by Crippen LogP contribution is 2.23. The molecule has 1 rings (SSSR count). The molecule has 0 unspecified atom stereocenters. The molecule has 90 valence electrons. The summed E-state index contributed by atoms with van der Waals surface area (Å²) in [5.74, 6) is 0.643. The van der Waals surface area contributed by atoms with Crippen molar-refractivity contribution < 1.29 is 9.84 Å². The van der Waals surface area contributed by atoms with Crippen molar-refractivity contribution in [3.05, 3.63) is 21.8 Å². The monoisotopic (exact) mass is 287 g/mol. The van der Waals surface area contributed by atoms with Gasteiger partial charge in [0.15, 0.2) is 0 Å². The van der Waals surface area contributed by atoms with E-state index in [0.717, 1.165) is 15.7 Å². The Morgan fingerprint density at radius 1 is 1.44 bits per heavy atom. The summed E-state index contributed by atoms with van der Waals surface area (Å²) in [7, 11) is 0. The van der Waals surface area contributed by atoms with Crippen LogP contribution in [-0.2, 0) is 0 Å². The van der Waals surface area contributed by atoms with Gasteiger partial charge < -0.3 is 9.84 Å². The lowest BCUT2D eigenvalue weighted by Crippen LogP contribution is -2.22. The van der Waals surface area contributed by atoms with Crippen LogP contribution in [0, 0.1) is 13.8 Å². The lowest BCUT2D eigenvalue weighted by Gasteiger charge is -2.17. The third-order valence-electron chi connectivity index (χ3n) is 2.25. The maximum absolute atomic E-state index is 9.56. The van der Waals surface area contributed by atoms with Crippen LogP contribution in [0.1, 0.15) is 31.5 Å². The van der Waals surface area contributed by atoms with Gasteiger partial charge in [-0.3, -0.25) is 0 Å². The number of hydrogen-bond acceptors (Lipinski definition) is 3. The molecule has 3 nitrogen and oxygen atoms in total. The Balaban J connectivity index is 2.64. The number of nitrogens with zero attached hydrogens (tertiary/aromatic N) is 1. The van der Waals surface area contributed by atoms with E-state index in [-0.39, 0.29) is 0 Å². The molecular formula is C12H18BrNO2. The molecule has 0 fully saturated rings. The third kappa shape index (κ3) is 4.10. The molecule has 0 amide bonds. The number of aromatic nitrogens is 1. The fourth-order valence-corrected chi connectivity index (χ4v) is 1.63. The van der Waals surface area contributed by atoms with E-state index in [0.29, 0.717) is 18.9 Å². The molecule has 0 aliphatic heterocycles. The molecule has 0 saturated carbocycles. The highest BCUT2D eigenvalue weighted by atomic mass is 79.9. The Kier molecular flexibility index (Phi) is 4.33. The molecule has 0 radical (unpaired) electrons. The van der Waals surface area contributed by atoms with E-state index in [4.69, 9.17) is 4.74 Å². The third-order valence-corrected chi connectivity index (χ3v) is 3.05. The highest BCUT2D eigenvalue weighted by Gasteiger charge is 2.13. The van der Waals surface area contributed by atoms with Gasteiger partial charge in [0.05, 0.1) is 17.9 Å². The first-order valence-corrected chi connectivity index (χ1v) is 6.08. The topological polar surface area (TPSA) is 42.4 Å². The van der Waals surface area contributed by atoms with Crippen LogP contribution in [0.2, 0.25) is 0 Å². The first-order valence-electron chi connectivity index (χ1n) is 5.28. The molecule has 0 aliphatic carbocycles. The van der Waals surface area contributed by atoms with E-state index < -0.39 is 5.60 Å². The molecule has 0 bridgehead atoms. The Hall–Kier alpha value is -0.610. The Morgan fingerprint density at radius 2 is 2.06 bits per heavy atom. The van der Waals surface area contributed by atoms with Crippen LogP contribution in [-0.4, -0.2) is 22.3 Å². The number of aryl methyl sites for hydroxylation is 2. The average Bonchev–Trinajstić information content (AvgIpc) is 2.11. The zero-order valence-electron chi connectivity index (χ0n) is 10.2. The predicted octanol–water partition coefficient (Wildman–Crippen LogP) is 3.00. The van der Waals surface area contributed by atoms with Crippen LogP contribution in [0.25, 0.3) is 0 Å². The Bertz CT molecular complexity index is 372. The normalized spacial score (nSPS) is 11.6. The summed E-state index contributed by atoms with van der Waals surface area (Å²) in [6, 6.07) is 1.99. The molecule has 16 heavy (non-hydrogen) atoms. The molecule has 4 heteroatoms. The quantitative estimate of drug-likeness (QED) is 0.926. The van der Waals surface area contributed by atoms with E-state index in [1.165, 1.54) is 0 Å². The van der Waals surface area contributed by atoms with E-state index in [1.807, 2.05) is 19.9 Å². The molecular weight excluding hydrogens is 270 g/mol. The summed E-state index contributed by atoms with van der Waals surface area (Å²) in [4.78, 5) is 4.34. The standard InChI is InChI=1S/C12H18BrNO2/c1-8-7-10(13)9(2)14-11(8)16-6-5-12(3,4)15/h7,15H,5-6H2,1-4H3. The van der Waals surface area contributed by atoms with Gasteiger partial charge >= 0.3 is 0 Å². The van der Waals surface area contributed by atoms with Gasteiger partial charge in [-0.05, 0) is 49.7 Å². The van der Waals surface area contributed by atoms with Gasteiger partial charge in [-0.2, -0.15) is 0 Å². The molecule has 0 atom stereocenters. The van der Waals surface area contributed by atoms with Crippen molar-refractivity contribution in [1.82, 2.24) is 4.98 Å². The van der Waals surface area contributed by atoms with Gasteiger partial charge in [-0.25, -0.2) is 4.98 Å². The summed E-state index contributed by atoms with van der Waals surface area (Å²) >= 11 is 3.42. The predicted molar refractivity (Wildman–Crippen MR) is 67.8 cm³/mol. The number of pyridine rings is 1. The molecule has 1 aromatic heterocycles. The maximum atomic E-state index is 9.56. The SMILES string of the molecule is Cc1cc(Br)c(C)nc1OCCC(C)(C)O. The Morgan fingerprint density at radius 3 is 2.62 bits per heavy atom. The number of aliphatic hydroxyl groups is 1. The van der Waals surface area contributed by atoms with E-state index in [1.54, 1.807) is 13.8 Å². The second-order valence-corrected chi connectivity index (χ2v) is 5.44. The second kappa shape index (κ2) is 5.15. The number of halogens is 1. The molecule has 1 heterocycles. The van der Waals surface area contributed by atoms with Crippen molar-refractivity contribution in [3.8, 4) is 5.88 Å². The van der Waals surface area contributed by atoms with Gasteiger partial charge in [-0.1, -0.05) is 0 Å². The van der Waals surface area contributed by atoms with Gasteiger partial charge in [0.25, 0.3) is 0 Å². The lowest BCUT2D eigenvalue weighted by molar-refractivity contribution is 0.0545.